The van der Waals surface area contributed by atoms with E-state index < -0.39 is 0 Å². The van der Waals surface area contributed by atoms with Gasteiger partial charge in [0.15, 0.2) is 5.16 Å². The molecule has 3 rings (SSSR count). The molecule has 8 heteroatoms. The van der Waals surface area contributed by atoms with Crippen LogP contribution in [0, 0.1) is 11.3 Å². The summed E-state index contributed by atoms with van der Waals surface area (Å²) >= 11 is 3.13. The van der Waals surface area contributed by atoms with Gasteiger partial charge in [-0.05, 0) is 24.3 Å². The van der Waals surface area contributed by atoms with E-state index in [1.165, 1.54) is 16.6 Å². The Hall–Kier alpha value is -1.85. The molecule has 0 unspecified atom stereocenters. The van der Waals surface area contributed by atoms with E-state index in [-0.39, 0.29) is 5.91 Å². The maximum absolute atomic E-state index is 11.8. The van der Waals surface area contributed by atoms with Gasteiger partial charge in [-0.1, -0.05) is 17.8 Å². The van der Waals surface area contributed by atoms with Gasteiger partial charge in [0.2, 0.25) is 5.91 Å². The summed E-state index contributed by atoms with van der Waals surface area (Å²) in [6, 6.07) is 6.63. The van der Waals surface area contributed by atoms with Crippen LogP contribution in [0.4, 0.5) is 0 Å². The fourth-order valence-corrected chi connectivity index (χ4v) is 3.79. The maximum Gasteiger partial charge on any atom is 0.230 e. The predicted molar refractivity (Wildman–Crippen MR) is 89.4 cm³/mol. The molecule has 0 atom stereocenters. The number of nitrogens with one attached hydrogen (secondary N) is 1. The minimum absolute atomic E-state index is 0.0737. The molecule has 2 aromatic heterocycles. The van der Waals surface area contributed by atoms with Crippen molar-refractivity contribution < 1.29 is 4.79 Å². The molecule has 1 aliphatic rings. The summed E-state index contributed by atoms with van der Waals surface area (Å²) in [5.74, 6) is 1.20. The zero-order valence-corrected chi connectivity index (χ0v) is 14.2. The Balaban J connectivity index is 1.62. The highest BCUT2D eigenvalue weighted by Gasteiger charge is 2.29. The second kappa shape index (κ2) is 7.62. The van der Waals surface area contributed by atoms with Gasteiger partial charge in [-0.3, -0.25) is 4.79 Å². The normalized spacial score (nSPS) is 13.7. The highest BCUT2D eigenvalue weighted by atomic mass is 32.2. The molecule has 1 fully saturated rings. The first-order valence-electron chi connectivity index (χ1n) is 7.50. The summed E-state index contributed by atoms with van der Waals surface area (Å²) in [5.41, 5.74) is 0. The van der Waals surface area contributed by atoms with Crippen LogP contribution in [-0.2, 0) is 11.2 Å². The Morgan fingerprint density at radius 2 is 2.39 bits per heavy atom. The third-order valence-electron chi connectivity index (χ3n) is 3.45. The van der Waals surface area contributed by atoms with Gasteiger partial charge >= 0.3 is 0 Å². The molecule has 1 saturated carbocycles. The van der Waals surface area contributed by atoms with E-state index in [2.05, 4.69) is 31.5 Å². The smallest absolute Gasteiger partial charge is 0.230 e. The Morgan fingerprint density at radius 1 is 1.52 bits per heavy atom. The summed E-state index contributed by atoms with van der Waals surface area (Å²) < 4.78 is 2.19. The van der Waals surface area contributed by atoms with Gasteiger partial charge in [0.05, 0.1) is 18.2 Å². The van der Waals surface area contributed by atoms with Crippen LogP contribution in [0.5, 0.6) is 0 Å². The van der Waals surface area contributed by atoms with Crippen molar-refractivity contribution >= 4 is 29.0 Å². The Labute approximate surface area is 142 Å². The van der Waals surface area contributed by atoms with Crippen LogP contribution in [0.15, 0.2) is 22.7 Å². The van der Waals surface area contributed by atoms with Crippen molar-refractivity contribution in [2.45, 2.75) is 36.9 Å². The second-order valence-corrected chi connectivity index (χ2v) is 7.28. The van der Waals surface area contributed by atoms with E-state index in [4.69, 9.17) is 5.26 Å². The van der Waals surface area contributed by atoms with Crippen molar-refractivity contribution in [3.63, 3.8) is 0 Å². The van der Waals surface area contributed by atoms with E-state index >= 15 is 0 Å². The SMILES string of the molecule is N#CCCNC(=O)CSc1nnc(Cc2cccs2)n1C1CC1. The molecule has 6 nitrogen and oxygen atoms in total. The molecule has 2 aromatic rings. The Morgan fingerprint density at radius 3 is 3.09 bits per heavy atom. The van der Waals surface area contributed by atoms with Crippen molar-refractivity contribution in [3.8, 4) is 6.07 Å². The average molecular weight is 347 g/mol. The lowest BCUT2D eigenvalue weighted by Gasteiger charge is -2.08. The van der Waals surface area contributed by atoms with Crippen LogP contribution in [0.25, 0.3) is 0 Å². The fraction of sp³-hybridized carbons (Fsp3) is 0.467. The number of hydrogen-bond donors (Lipinski definition) is 1. The van der Waals surface area contributed by atoms with E-state index in [1.54, 1.807) is 11.3 Å². The summed E-state index contributed by atoms with van der Waals surface area (Å²) in [4.78, 5) is 13.0. The van der Waals surface area contributed by atoms with Gasteiger partial charge in [-0.2, -0.15) is 5.26 Å². The lowest BCUT2D eigenvalue weighted by molar-refractivity contribution is -0.118. The van der Waals surface area contributed by atoms with Crippen LogP contribution >= 0.6 is 23.1 Å². The van der Waals surface area contributed by atoms with E-state index in [9.17, 15) is 4.79 Å². The highest BCUT2D eigenvalue weighted by Crippen LogP contribution is 2.39. The van der Waals surface area contributed by atoms with Crippen molar-refractivity contribution in [2.75, 3.05) is 12.3 Å². The number of amides is 1. The van der Waals surface area contributed by atoms with Crippen LogP contribution in [0.3, 0.4) is 0 Å². The number of nitrogens with zero attached hydrogens (tertiary/aromatic N) is 4. The third-order valence-corrected chi connectivity index (χ3v) is 5.27. The van der Waals surface area contributed by atoms with E-state index in [1.807, 2.05) is 12.1 Å². The summed E-state index contributed by atoms with van der Waals surface area (Å²) in [6.07, 6.45) is 3.42. The number of nitriles is 1. The summed E-state index contributed by atoms with van der Waals surface area (Å²) in [7, 11) is 0. The number of rotatable bonds is 8. The quantitative estimate of drug-likeness (QED) is 0.585. The third kappa shape index (κ3) is 4.33. The Bertz CT molecular complexity index is 700. The lowest BCUT2D eigenvalue weighted by Crippen LogP contribution is -2.26. The van der Waals surface area contributed by atoms with Crippen LogP contribution in [0.1, 0.15) is 36.0 Å². The van der Waals surface area contributed by atoms with Gasteiger partial charge in [0.25, 0.3) is 0 Å². The molecule has 0 radical (unpaired) electrons. The Kier molecular flexibility index (Phi) is 5.31. The number of aromatic nitrogens is 3. The van der Waals surface area contributed by atoms with Gasteiger partial charge < -0.3 is 9.88 Å². The fourth-order valence-electron chi connectivity index (χ4n) is 2.23. The van der Waals surface area contributed by atoms with Crippen molar-refractivity contribution in [1.29, 1.82) is 5.26 Å². The molecular weight excluding hydrogens is 330 g/mol. The summed E-state index contributed by atoms with van der Waals surface area (Å²) in [5, 5.41) is 22.7. The standard InChI is InChI=1S/C15H17N5OS2/c16-6-2-7-17-14(21)10-23-15-19-18-13(20(15)11-4-5-11)9-12-3-1-8-22-12/h1,3,8,11H,2,4-5,7,9-10H2,(H,17,21). The average Bonchev–Trinajstić information content (AvgIpc) is 3.10. The first kappa shape index (κ1) is 16.0. The zero-order chi connectivity index (χ0) is 16.1. The molecule has 2 heterocycles. The zero-order valence-electron chi connectivity index (χ0n) is 12.6. The van der Waals surface area contributed by atoms with Crippen molar-refractivity contribution in [2.24, 2.45) is 0 Å². The largest absolute Gasteiger partial charge is 0.354 e. The topological polar surface area (TPSA) is 83.6 Å². The van der Waals surface area contributed by atoms with E-state index in [0.717, 1.165) is 30.2 Å². The van der Waals surface area contributed by atoms with Crippen LogP contribution in [-0.4, -0.2) is 33.0 Å². The predicted octanol–water partition coefficient (Wildman–Crippen LogP) is 2.39. The molecule has 1 amide bonds. The lowest BCUT2D eigenvalue weighted by atomic mass is 10.3. The molecule has 23 heavy (non-hydrogen) atoms. The van der Waals surface area contributed by atoms with Gasteiger partial charge in [-0.25, -0.2) is 0 Å². The molecule has 0 spiro atoms. The molecule has 0 aromatic carbocycles. The minimum Gasteiger partial charge on any atom is -0.354 e. The van der Waals surface area contributed by atoms with Crippen LogP contribution < -0.4 is 5.32 Å². The molecule has 0 bridgehead atoms. The summed E-state index contributed by atoms with van der Waals surface area (Å²) in [6.45, 7) is 0.398. The number of thiophene rings is 1. The van der Waals surface area contributed by atoms with Gasteiger partial charge in [0.1, 0.15) is 5.82 Å². The van der Waals surface area contributed by atoms with Crippen molar-refractivity contribution in [1.82, 2.24) is 20.1 Å². The number of thioether (sulfide) groups is 1. The maximum atomic E-state index is 11.8. The molecule has 120 valence electrons. The second-order valence-electron chi connectivity index (χ2n) is 5.30. The molecule has 0 saturated heterocycles. The van der Waals surface area contributed by atoms with Gasteiger partial charge in [-0.15, -0.1) is 21.5 Å². The van der Waals surface area contributed by atoms with Gasteiger partial charge in [0, 0.05) is 23.9 Å². The minimum atomic E-state index is -0.0737. The number of carbonyl (C=O) groups is 1. The highest BCUT2D eigenvalue weighted by molar-refractivity contribution is 7.99. The molecular formula is C15H17N5OS2. The number of carbonyl (C=O) groups excluding carboxylic acids is 1. The van der Waals surface area contributed by atoms with E-state index in [0.29, 0.717) is 24.8 Å². The van der Waals surface area contributed by atoms with Crippen molar-refractivity contribution in [3.05, 3.63) is 28.2 Å². The van der Waals surface area contributed by atoms with Crippen LogP contribution in [0.2, 0.25) is 0 Å². The first-order valence-corrected chi connectivity index (χ1v) is 9.37. The molecule has 1 N–H and O–H groups in total. The monoisotopic (exact) mass is 347 g/mol. The first-order chi connectivity index (χ1) is 11.3. The molecule has 1 aliphatic carbocycles. The molecule has 0 aliphatic heterocycles. The number of hydrogen-bond acceptors (Lipinski definition) is 6.